The van der Waals surface area contributed by atoms with Crippen molar-refractivity contribution in [2.45, 2.75) is 48.5 Å². The number of hydrogen-bond donors (Lipinski definition) is 0. The molecule has 1 aliphatic rings. The van der Waals surface area contributed by atoms with Gasteiger partial charge in [-0.05, 0) is 45.5 Å². The van der Waals surface area contributed by atoms with Crippen molar-refractivity contribution in [3.05, 3.63) is 47.3 Å². The third kappa shape index (κ3) is 4.79. The van der Waals surface area contributed by atoms with Gasteiger partial charge < -0.3 is 9.64 Å². The number of aromatic nitrogens is 2. The first-order chi connectivity index (χ1) is 13.3. The third-order valence-electron chi connectivity index (χ3n) is 4.91. The van der Waals surface area contributed by atoms with Crippen LogP contribution in [0.25, 0.3) is 0 Å². The fourth-order valence-corrected chi connectivity index (χ4v) is 5.13. The lowest BCUT2D eigenvalue weighted by atomic mass is 9.91. The van der Waals surface area contributed by atoms with Crippen LogP contribution in [0, 0.1) is 5.82 Å². The van der Waals surface area contributed by atoms with Gasteiger partial charge in [-0.1, -0.05) is 18.0 Å². The first kappa shape index (κ1) is 21.0. The Hall–Kier alpha value is -1.77. The molecule has 0 saturated heterocycles. The number of likely N-dealkylation sites (N-methyl/N-ethyl adjacent to an activating group) is 1. The highest BCUT2D eigenvalue weighted by Crippen LogP contribution is 2.34. The molecular weight excluding hydrogens is 405 g/mol. The lowest BCUT2D eigenvalue weighted by Crippen LogP contribution is -2.44. The van der Waals surface area contributed by atoms with Gasteiger partial charge in [-0.25, -0.2) is 22.8 Å². The highest BCUT2D eigenvalue weighted by Gasteiger charge is 2.30. The zero-order chi connectivity index (χ0) is 20.3. The number of ether oxygens (including phenoxy) is 1. The molecule has 3 rings (SSSR count). The second-order valence-electron chi connectivity index (χ2n) is 7.14. The zero-order valence-corrected chi connectivity index (χ0v) is 17.4. The number of benzene rings is 1. The van der Waals surface area contributed by atoms with Crippen LogP contribution in [0.1, 0.15) is 31.4 Å². The van der Waals surface area contributed by atoms with Gasteiger partial charge in [0.2, 0.25) is 0 Å². The number of halogens is 2. The minimum absolute atomic E-state index is 0.0748. The lowest BCUT2D eigenvalue weighted by Gasteiger charge is -2.36. The number of hydrogen-bond acceptors (Lipinski definition) is 6. The summed E-state index contributed by atoms with van der Waals surface area (Å²) in [7, 11) is 0.0129. The van der Waals surface area contributed by atoms with E-state index < -0.39 is 26.3 Å². The minimum atomic E-state index is -3.95. The molecule has 1 aromatic carbocycles. The van der Waals surface area contributed by atoms with Gasteiger partial charge in [0.15, 0.2) is 9.84 Å². The summed E-state index contributed by atoms with van der Waals surface area (Å²) in [5.41, 5.74) is 0.280. The molecule has 2 atom stereocenters. The van der Waals surface area contributed by atoms with Crippen LogP contribution in [-0.4, -0.2) is 49.5 Å². The number of rotatable bonds is 6. The SMILES string of the molecule is CN(C)[C@H]1CCCC[C@@H]1Oc1cc(F)c(S(=O)(=O)Cc2ccncn2)cc1Cl. The van der Waals surface area contributed by atoms with Crippen molar-refractivity contribution in [1.82, 2.24) is 14.9 Å². The summed E-state index contributed by atoms with van der Waals surface area (Å²) in [6, 6.07) is 3.86. The van der Waals surface area contributed by atoms with Crippen LogP contribution < -0.4 is 4.74 Å². The van der Waals surface area contributed by atoms with E-state index in [1.165, 1.54) is 18.6 Å². The molecule has 0 spiro atoms. The molecule has 0 unspecified atom stereocenters. The Morgan fingerprint density at radius 3 is 2.71 bits per heavy atom. The summed E-state index contributed by atoms with van der Waals surface area (Å²) in [4.78, 5) is 9.26. The highest BCUT2D eigenvalue weighted by atomic mass is 35.5. The second-order valence-corrected chi connectivity index (χ2v) is 9.51. The van der Waals surface area contributed by atoms with Crippen molar-refractivity contribution in [1.29, 1.82) is 0 Å². The monoisotopic (exact) mass is 427 g/mol. The highest BCUT2D eigenvalue weighted by molar-refractivity contribution is 7.90. The lowest BCUT2D eigenvalue weighted by molar-refractivity contribution is 0.0620. The maximum Gasteiger partial charge on any atom is 0.187 e. The molecule has 2 aromatic rings. The van der Waals surface area contributed by atoms with Crippen molar-refractivity contribution in [3.8, 4) is 5.75 Å². The van der Waals surface area contributed by atoms with Gasteiger partial charge in [0.05, 0.1) is 16.5 Å². The number of nitrogens with zero attached hydrogens (tertiary/aromatic N) is 3. The molecule has 1 heterocycles. The molecule has 1 aromatic heterocycles. The Labute approximate surface area is 169 Å². The van der Waals surface area contributed by atoms with Crippen molar-refractivity contribution in [2.24, 2.45) is 0 Å². The molecule has 0 aliphatic heterocycles. The Balaban J connectivity index is 1.84. The fraction of sp³-hybridized carbons (Fsp3) is 0.474. The Morgan fingerprint density at radius 2 is 2.04 bits per heavy atom. The van der Waals surface area contributed by atoms with Crippen molar-refractivity contribution in [2.75, 3.05) is 14.1 Å². The van der Waals surface area contributed by atoms with Gasteiger partial charge in [-0.15, -0.1) is 0 Å². The predicted octanol–water partition coefficient (Wildman–Crippen LogP) is 3.49. The molecular formula is C19H23ClFN3O3S. The largest absolute Gasteiger partial charge is 0.487 e. The summed E-state index contributed by atoms with van der Waals surface area (Å²) in [5, 5.41) is 0.0748. The van der Waals surface area contributed by atoms with E-state index in [0.717, 1.165) is 37.8 Å². The Kier molecular flexibility index (Phi) is 6.52. The molecule has 0 N–H and O–H groups in total. The average molecular weight is 428 g/mol. The molecule has 0 radical (unpaired) electrons. The van der Waals surface area contributed by atoms with E-state index in [0.29, 0.717) is 0 Å². The van der Waals surface area contributed by atoms with E-state index in [1.54, 1.807) is 0 Å². The fourth-order valence-electron chi connectivity index (χ4n) is 3.48. The van der Waals surface area contributed by atoms with E-state index in [4.69, 9.17) is 16.3 Å². The summed E-state index contributed by atoms with van der Waals surface area (Å²) in [6.45, 7) is 0. The van der Waals surface area contributed by atoms with Crippen LogP contribution >= 0.6 is 11.6 Å². The van der Waals surface area contributed by atoms with E-state index in [2.05, 4.69) is 14.9 Å². The van der Waals surface area contributed by atoms with Crippen LogP contribution in [0.3, 0.4) is 0 Å². The second kappa shape index (κ2) is 8.71. The topological polar surface area (TPSA) is 72.4 Å². The molecule has 28 heavy (non-hydrogen) atoms. The molecule has 6 nitrogen and oxygen atoms in total. The van der Waals surface area contributed by atoms with Crippen LogP contribution in [-0.2, 0) is 15.6 Å². The molecule has 9 heteroatoms. The summed E-state index contributed by atoms with van der Waals surface area (Å²) < 4.78 is 45.9. The van der Waals surface area contributed by atoms with Gasteiger partial charge in [0, 0.05) is 18.3 Å². The van der Waals surface area contributed by atoms with Gasteiger partial charge in [0.1, 0.15) is 28.9 Å². The van der Waals surface area contributed by atoms with Crippen molar-refractivity contribution >= 4 is 21.4 Å². The molecule has 1 saturated carbocycles. The molecule has 1 aliphatic carbocycles. The quantitative estimate of drug-likeness (QED) is 0.702. The summed E-state index contributed by atoms with van der Waals surface area (Å²) in [6.07, 6.45) is 6.53. The van der Waals surface area contributed by atoms with Gasteiger partial charge in [-0.3, -0.25) is 0 Å². The molecule has 0 amide bonds. The van der Waals surface area contributed by atoms with Crippen LogP contribution in [0.4, 0.5) is 4.39 Å². The predicted molar refractivity (Wildman–Crippen MR) is 105 cm³/mol. The Bertz CT molecular complexity index is 926. The Morgan fingerprint density at radius 1 is 1.29 bits per heavy atom. The van der Waals surface area contributed by atoms with Crippen molar-refractivity contribution < 1.29 is 17.5 Å². The zero-order valence-electron chi connectivity index (χ0n) is 15.8. The number of sulfone groups is 1. The maximum atomic E-state index is 14.7. The average Bonchev–Trinajstić information content (AvgIpc) is 2.65. The van der Waals surface area contributed by atoms with E-state index in [9.17, 15) is 12.8 Å². The third-order valence-corrected chi connectivity index (χ3v) is 6.87. The van der Waals surface area contributed by atoms with Crippen LogP contribution in [0.15, 0.2) is 35.6 Å². The maximum absolute atomic E-state index is 14.7. The standard InChI is InChI=1S/C19H23ClFN3O3S/c1-24(2)16-5-3-4-6-17(16)27-18-10-15(21)19(9-14(18)20)28(25,26)11-13-7-8-22-12-23-13/h7-10,12,16-17H,3-6,11H2,1-2H3/t16-,17-/m0/s1. The smallest absolute Gasteiger partial charge is 0.187 e. The van der Waals surface area contributed by atoms with Crippen LogP contribution in [0.2, 0.25) is 5.02 Å². The molecule has 1 fully saturated rings. The molecule has 0 bridgehead atoms. The van der Waals surface area contributed by atoms with Gasteiger partial charge >= 0.3 is 0 Å². The minimum Gasteiger partial charge on any atom is -0.487 e. The van der Waals surface area contributed by atoms with E-state index in [-0.39, 0.29) is 28.6 Å². The first-order valence-electron chi connectivity index (χ1n) is 9.07. The van der Waals surface area contributed by atoms with Gasteiger partial charge in [-0.2, -0.15) is 0 Å². The first-order valence-corrected chi connectivity index (χ1v) is 11.1. The summed E-state index contributed by atoms with van der Waals surface area (Å²) >= 11 is 6.26. The summed E-state index contributed by atoms with van der Waals surface area (Å²) in [5.74, 6) is -1.15. The molecule has 152 valence electrons. The van der Waals surface area contributed by atoms with Crippen LogP contribution in [0.5, 0.6) is 5.75 Å². The van der Waals surface area contributed by atoms with Crippen molar-refractivity contribution in [3.63, 3.8) is 0 Å². The van der Waals surface area contributed by atoms with E-state index in [1.807, 2.05) is 14.1 Å². The normalized spacial score (nSPS) is 20.3. The van der Waals surface area contributed by atoms with Gasteiger partial charge in [0.25, 0.3) is 0 Å². The van der Waals surface area contributed by atoms with E-state index >= 15 is 0 Å².